The average Bonchev–Trinajstić information content (AvgIpc) is 2.58. The largest absolute Gasteiger partial charge is 0.445 e. The number of benzene rings is 1. The molecule has 0 aliphatic carbocycles. The molecule has 26 heavy (non-hydrogen) atoms. The van der Waals surface area contributed by atoms with Crippen LogP contribution in [0.4, 0.5) is 18.0 Å². The summed E-state index contributed by atoms with van der Waals surface area (Å²) in [7, 11) is 0. The van der Waals surface area contributed by atoms with Gasteiger partial charge in [-0.05, 0) is 5.56 Å². The quantitative estimate of drug-likeness (QED) is 0.830. The second-order valence-corrected chi connectivity index (χ2v) is 6.71. The van der Waals surface area contributed by atoms with Crippen LogP contribution in [0.1, 0.15) is 18.4 Å². The normalized spacial score (nSPS) is 28.5. The highest BCUT2D eigenvalue weighted by Gasteiger charge is 2.54. The van der Waals surface area contributed by atoms with Gasteiger partial charge in [0.15, 0.2) is 0 Å². The molecule has 142 valence electrons. The molecule has 2 heterocycles. The molecule has 1 amide bonds. The van der Waals surface area contributed by atoms with Crippen LogP contribution in [0.5, 0.6) is 0 Å². The van der Waals surface area contributed by atoms with E-state index in [1.165, 1.54) is 4.90 Å². The van der Waals surface area contributed by atoms with Crippen LogP contribution in [0.25, 0.3) is 0 Å². The van der Waals surface area contributed by atoms with E-state index in [1.807, 2.05) is 18.2 Å². The van der Waals surface area contributed by atoms with Crippen LogP contribution in [0.2, 0.25) is 0 Å². The summed E-state index contributed by atoms with van der Waals surface area (Å²) >= 11 is 0. The third-order valence-corrected chi connectivity index (χ3v) is 4.87. The number of carbonyl (C=O) groups is 1. The number of piperidine rings is 1. The van der Waals surface area contributed by atoms with Crippen LogP contribution in [0.15, 0.2) is 42.5 Å². The highest BCUT2D eigenvalue weighted by Crippen LogP contribution is 2.44. The second-order valence-electron chi connectivity index (χ2n) is 6.71. The van der Waals surface area contributed by atoms with Gasteiger partial charge in [0.2, 0.25) is 0 Å². The summed E-state index contributed by atoms with van der Waals surface area (Å²) in [5.74, 6) is 0. The van der Waals surface area contributed by atoms with E-state index in [4.69, 9.17) is 9.47 Å². The molecule has 0 aromatic heterocycles. The van der Waals surface area contributed by atoms with Crippen molar-refractivity contribution in [1.29, 1.82) is 0 Å². The first kappa shape index (κ1) is 18.7. The van der Waals surface area contributed by atoms with E-state index in [0.29, 0.717) is 0 Å². The molecule has 0 saturated carbocycles. The predicted octanol–water partition coefficient (Wildman–Crippen LogP) is 3.04. The van der Waals surface area contributed by atoms with E-state index in [-0.39, 0.29) is 32.7 Å². The van der Waals surface area contributed by atoms with Crippen molar-refractivity contribution in [2.24, 2.45) is 0 Å². The van der Waals surface area contributed by atoms with Crippen LogP contribution in [0.3, 0.4) is 0 Å². The van der Waals surface area contributed by atoms with Gasteiger partial charge < -0.3 is 14.6 Å². The molecule has 2 bridgehead atoms. The zero-order valence-electron chi connectivity index (χ0n) is 14.0. The predicted molar refractivity (Wildman–Crippen MR) is 86.2 cm³/mol. The maximum atomic E-state index is 13.0. The molecular formula is C18H20F3NO4. The number of ether oxygens (including phenoxy) is 2. The zero-order valence-corrected chi connectivity index (χ0v) is 14.0. The van der Waals surface area contributed by atoms with Crippen LogP contribution in [0, 0.1) is 0 Å². The molecule has 2 atom stereocenters. The topological polar surface area (TPSA) is 59.0 Å². The fourth-order valence-corrected chi connectivity index (χ4v) is 3.58. The maximum Gasteiger partial charge on any atom is 0.414 e. The van der Waals surface area contributed by atoms with Crippen molar-refractivity contribution in [2.75, 3.05) is 13.2 Å². The standard InChI is InChI=1S/C18H20F3NO4/c1-12(18(19,20)21)17(24)7-14-10-25-11-15(8-17)22(14)16(23)26-9-13-5-3-2-4-6-13/h2-6,14-15,24H,1,7-11H2. The maximum absolute atomic E-state index is 13.0. The number of nitrogens with zero attached hydrogens (tertiary/aromatic N) is 1. The van der Waals surface area contributed by atoms with E-state index in [9.17, 15) is 23.1 Å². The third kappa shape index (κ3) is 3.71. The molecule has 2 fully saturated rings. The Morgan fingerprint density at radius 1 is 1.27 bits per heavy atom. The van der Waals surface area contributed by atoms with Gasteiger partial charge in [0.1, 0.15) is 6.61 Å². The third-order valence-electron chi connectivity index (χ3n) is 4.87. The molecule has 2 aliphatic rings. The van der Waals surface area contributed by atoms with Gasteiger partial charge in [-0.25, -0.2) is 4.79 Å². The lowest BCUT2D eigenvalue weighted by molar-refractivity contribution is -0.158. The molecule has 2 saturated heterocycles. The van der Waals surface area contributed by atoms with Crippen molar-refractivity contribution >= 4 is 6.09 Å². The summed E-state index contributed by atoms with van der Waals surface area (Å²) in [6, 6.07) is 7.68. The number of amides is 1. The number of halogens is 3. The van der Waals surface area contributed by atoms with Gasteiger partial charge in [-0.2, -0.15) is 13.2 Å². The minimum atomic E-state index is -4.69. The molecule has 0 radical (unpaired) electrons. The summed E-state index contributed by atoms with van der Waals surface area (Å²) in [6.45, 7) is 3.20. The minimum absolute atomic E-state index is 0.0460. The fraction of sp³-hybridized carbons (Fsp3) is 0.500. The molecule has 1 aromatic rings. The highest BCUT2D eigenvalue weighted by molar-refractivity contribution is 5.69. The number of alkyl halides is 3. The van der Waals surface area contributed by atoms with Gasteiger partial charge in [-0.3, -0.25) is 4.90 Å². The number of hydrogen-bond donors (Lipinski definition) is 1. The number of fused-ring (bicyclic) bond motifs is 2. The van der Waals surface area contributed by atoms with E-state index in [2.05, 4.69) is 6.58 Å². The van der Waals surface area contributed by atoms with Gasteiger partial charge in [0.25, 0.3) is 0 Å². The first-order chi connectivity index (χ1) is 12.2. The van der Waals surface area contributed by atoms with Gasteiger partial charge in [-0.1, -0.05) is 36.9 Å². The smallest absolute Gasteiger partial charge is 0.414 e. The van der Waals surface area contributed by atoms with E-state index < -0.39 is 35.5 Å². The molecule has 2 aliphatic heterocycles. The Labute approximate surface area is 149 Å². The Balaban J connectivity index is 1.70. The van der Waals surface area contributed by atoms with Crippen molar-refractivity contribution in [3.05, 3.63) is 48.0 Å². The molecule has 5 nitrogen and oxygen atoms in total. The van der Waals surface area contributed by atoms with Gasteiger partial charge in [0.05, 0.1) is 36.5 Å². The van der Waals surface area contributed by atoms with Crippen molar-refractivity contribution in [3.63, 3.8) is 0 Å². The van der Waals surface area contributed by atoms with Crippen LogP contribution in [-0.2, 0) is 16.1 Å². The van der Waals surface area contributed by atoms with Crippen molar-refractivity contribution in [2.45, 2.75) is 43.3 Å². The summed E-state index contributed by atoms with van der Waals surface area (Å²) in [5.41, 5.74) is -2.48. The van der Waals surface area contributed by atoms with Gasteiger partial charge in [0, 0.05) is 12.8 Å². The van der Waals surface area contributed by atoms with Crippen LogP contribution in [-0.4, -0.2) is 53.2 Å². The van der Waals surface area contributed by atoms with Gasteiger partial charge >= 0.3 is 12.3 Å². The molecular weight excluding hydrogens is 351 g/mol. The first-order valence-corrected chi connectivity index (χ1v) is 8.26. The Morgan fingerprint density at radius 3 is 2.38 bits per heavy atom. The zero-order chi connectivity index (χ0) is 18.9. The Hall–Kier alpha value is -2.06. The Morgan fingerprint density at radius 2 is 1.85 bits per heavy atom. The number of morpholine rings is 1. The number of hydrogen-bond acceptors (Lipinski definition) is 4. The van der Waals surface area contributed by atoms with Crippen molar-refractivity contribution < 1.29 is 32.5 Å². The summed E-state index contributed by atoms with van der Waals surface area (Å²) in [5, 5.41) is 10.5. The summed E-state index contributed by atoms with van der Waals surface area (Å²) < 4.78 is 49.7. The van der Waals surface area contributed by atoms with Crippen LogP contribution >= 0.6 is 0 Å². The molecule has 3 rings (SSSR count). The Bertz CT molecular complexity index is 663. The van der Waals surface area contributed by atoms with E-state index in [1.54, 1.807) is 12.1 Å². The first-order valence-electron chi connectivity index (χ1n) is 8.26. The summed E-state index contributed by atoms with van der Waals surface area (Å²) in [6.07, 6.45) is -5.89. The Kier molecular flexibility index (Phi) is 4.98. The van der Waals surface area contributed by atoms with Gasteiger partial charge in [-0.15, -0.1) is 0 Å². The SMILES string of the molecule is C=C(C(F)(F)F)C1(O)CC2COCC(C1)N2C(=O)OCc1ccccc1. The average molecular weight is 371 g/mol. The number of aliphatic hydroxyl groups is 1. The summed E-state index contributed by atoms with van der Waals surface area (Å²) in [4.78, 5) is 13.9. The molecule has 2 unspecified atom stereocenters. The minimum Gasteiger partial charge on any atom is -0.445 e. The van der Waals surface area contributed by atoms with E-state index >= 15 is 0 Å². The van der Waals surface area contributed by atoms with E-state index in [0.717, 1.165) is 5.56 Å². The fourth-order valence-electron chi connectivity index (χ4n) is 3.58. The lowest BCUT2D eigenvalue weighted by Gasteiger charge is -2.51. The lowest BCUT2D eigenvalue weighted by Crippen LogP contribution is -2.64. The lowest BCUT2D eigenvalue weighted by atomic mass is 9.77. The monoisotopic (exact) mass is 371 g/mol. The number of carbonyl (C=O) groups excluding carboxylic acids is 1. The number of rotatable bonds is 3. The van der Waals surface area contributed by atoms with Crippen LogP contribution < -0.4 is 0 Å². The molecule has 8 heteroatoms. The van der Waals surface area contributed by atoms with Crippen molar-refractivity contribution in [3.8, 4) is 0 Å². The molecule has 1 N–H and O–H groups in total. The second kappa shape index (κ2) is 6.92. The van der Waals surface area contributed by atoms with Crippen molar-refractivity contribution in [1.82, 2.24) is 4.90 Å². The highest BCUT2D eigenvalue weighted by atomic mass is 19.4. The molecule has 1 aromatic carbocycles. The molecule has 0 spiro atoms.